The summed E-state index contributed by atoms with van der Waals surface area (Å²) in [5.41, 5.74) is 5.42. The van der Waals surface area contributed by atoms with Crippen molar-refractivity contribution >= 4 is 55.4 Å². The lowest BCUT2D eigenvalue weighted by Crippen LogP contribution is -2.28. The third kappa shape index (κ3) is 2.21. The van der Waals surface area contributed by atoms with E-state index in [2.05, 4.69) is 69.1 Å². The topological polar surface area (TPSA) is 38.0 Å². The lowest BCUT2D eigenvalue weighted by molar-refractivity contribution is 0.643. The Hall–Kier alpha value is -0.470. The molecule has 0 fully saturated rings. The van der Waals surface area contributed by atoms with Crippen LogP contribution in [0, 0.1) is 2.88 Å². The van der Waals surface area contributed by atoms with Gasteiger partial charge in [0, 0.05) is 4.70 Å². The van der Waals surface area contributed by atoms with Gasteiger partial charge in [0.15, 0.2) is 0 Å². The standard InChI is InChI=1S/C13H11IN2S2/c14-11-6-9(7-18-11)12(16-15)10-3-1-2-8-4-5-17-13(8)10/h1-7,12,16H,15H2. The second-order valence-corrected chi connectivity index (χ2v) is 7.69. The molecule has 2 heterocycles. The average molecular weight is 386 g/mol. The van der Waals surface area contributed by atoms with E-state index in [4.69, 9.17) is 5.84 Å². The van der Waals surface area contributed by atoms with Gasteiger partial charge < -0.3 is 0 Å². The predicted octanol–water partition coefficient (Wildman–Crippen LogP) is 4.12. The van der Waals surface area contributed by atoms with Crippen molar-refractivity contribution in [3.05, 3.63) is 55.1 Å². The van der Waals surface area contributed by atoms with Gasteiger partial charge in [0.2, 0.25) is 0 Å². The summed E-state index contributed by atoms with van der Waals surface area (Å²) < 4.78 is 2.59. The maximum absolute atomic E-state index is 5.76. The first-order valence-corrected chi connectivity index (χ1v) is 8.29. The summed E-state index contributed by atoms with van der Waals surface area (Å²) in [6, 6.07) is 10.8. The van der Waals surface area contributed by atoms with Crippen molar-refractivity contribution in [2.45, 2.75) is 6.04 Å². The molecule has 1 aromatic carbocycles. The normalized spacial score (nSPS) is 13.0. The fourth-order valence-electron chi connectivity index (χ4n) is 2.08. The molecule has 3 aromatic rings. The summed E-state index contributed by atoms with van der Waals surface area (Å²) in [4.78, 5) is 0. The van der Waals surface area contributed by atoms with Crippen LogP contribution in [0.1, 0.15) is 17.2 Å². The highest BCUT2D eigenvalue weighted by atomic mass is 127. The largest absolute Gasteiger partial charge is 0.271 e. The fourth-order valence-corrected chi connectivity index (χ4v) is 4.43. The number of halogens is 1. The lowest BCUT2D eigenvalue weighted by Gasteiger charge is -2.16. The number of hydrogen-bond donors (Lipinski definition) is 2. The molecule has 2 nitrogen and oxygen atoms in total. The first-order chi connectivity index (χ1) is 8.79. The van der Waals surface area contributed by atoms with Crippen molar-refractivity contribution < 1.29 is 0 Å². The van der Waals surface area contributed by atoms with Crippen molar-refractivity contribution in [2.24, 2.45) is 5.84 Å². The van der Waals surface area contributed by atoms with E-state index in [1.807, 2.05) is 0 Å². The van der Waals surface area contributed by atoms with E-state index in [1.54, 1.807) is 22.7 Å². The van der Waals surface area contributed by atoms with Crippen LogP contribution < -0.4 is 11.3 Å². The Morgan fingerprint density at radius 1 is 1.22 bits per heavy atom. The molecule has 0 aliphatic carbocycles. The van der Waals surface area contributed by atoms with Crippen LogP contribution in [0.3, 0.4) is 0 Å². The zero-order valence-corrected chi connectivity index (χ0v) is 13.2. The Bertz CT molecular complexity index is 674. The number of nitrogens with one attached hydrogen (secondary N) is 1. The molecule has 2 aromatic heterocycles. The number of rotatable bonds is 3. The van der Waals surface area contributed by atoms with Crippen molar-refractivity contribution in [3.8, 4) is 0 Å². The van der Waals surface area contributed by atoms with Gasteiger partial charge in [0.1, 0.15) is 0 Å². The Labute approximate surface area is 127 Å². The quantitative estimate of drug-likeness (QED) is 0.404. The number of nitrogens with two attached hydrogens (primary N) is 1. The molecule has 0 saturated heterocycles. The van der Waals surface area contributed by atoms with E-state index < -0.39 is 0 Å². The highest BCUT2D eigenvalue weighted by Gasteiger charge is 2.16. The fraction of sp³-hybridized carbons (Fsp3) is 0.0769. The minimum atomic E-state index is 0.0621. The SMILES string of the molecule is NNC(c1csc(I)c1)c1cccc2ccsc12. The maximum Gasteiger partial charge on any atom is 0.0732 e. The molecular weight excluding hydrogens is 375 g/mol. The van der Waals surface area contributed by atoms with E-state index in [0.29, 0.717) is 0 Å². The second-order valence-electron chi connectivity index (χ2n) is 3.97. The van der Waals surface area contributed by atoms with E-state index in [9.17, 15) is 0 Å². The summed E-state index contributed by atoms with van der Waals surface area (Å²) in [5.74, 6) is 5.76. The Balaban J connectivity index is 2.14. The molecule has 92 valence electrons. The summed E-state index contributed by atoms with van der Waals surface area (Å²) >= 11 is 5.85. The van der Waals surface area contributed by atoms with Crippen LogP contribution in [-0.2, 0) is 0 Å². The van der Waals surface area contributed by atoms with Crippen LogP contribution in [0.2, 0.25) is 0 Å². The molecule has 0 aliphatic rings. The van der Waals surface area contributed by atoms with Gasteiger partial charge in [-0.15, -0.1) is 22.7 Å². The third-order valence-corrected chi connectivity index (χ3v) is 5.69. The van der Waals surface area contributed by atoms with Gasteiger partial charge in [-0.25, -0.2) is 5.43 Å². The van der Waals surface area contributed by atoms with Crippen LogP contribution in [0.4, 0.5) is 0 Å². The molecule has 0 spiro atoms. The molecule has 3 N–H and O–H groups in total. The number of hydrogen-bond acceptors (Lipinski definition) is 4. The van der Waals surface area contributed by atoms with Crippen molar-refractivity contribution in [1.82, 2.24) is 5.43 Å². The number of hydrazine groups is 1. The Morgan fingerprint density at radius 2 is 2.11 bits per heavy atom. The van der Waals surface area contributed by atoms with Gasteiger partial charge in [0.25, 0.3) is 0 Å². The summed E-state index contributed by atoms with van der Waals surface area (Å²) in [6.45, 7) is 0. The van der Waals surface area contributed by atoms with Gasteiger partial charge in [-0.05, 0) is 62.0 Å². The molecule has 0 radical (unpaired) electrons. The van der Waals surface area contributed by atoms with E-state index >= 15 is 0 Å². The molecule has 0 aliphatic heterocycles. The molecule has 0 saturated carbocycles. The number of fused-ring (bicyclic) bond motifs is 1. The van der Waals surface area contributed by atoms with Gasteiger partial charge in [-0.1, -0.05) is 18.2 Å². The smallest absolute Gasteiger partial charge is 0.0732 e. The maximum atomic E-state index is 5.76. The molecule has 0 amide bonds. The molecule has 1 atom stereocenters. The lowest BCUT2D eigenvalue weighted by atomic mass is 10.0. The van der Waals surface area contributed by atoms with Gasteiger partial charge in [-0.3, -0.25) is 5.84 Å². The van der Waals surface area contributed by atoms with Crippen LogP contribution in [0.5, 0.6) is 0 Å². The van der Waals surface area contributed by atoms with Crippen LogP contribution in [0.15, 0.2) is 41.1 Å². The first kappa shape index (κ1) is 12.6. The predicted molar refractivity (Wildman–Crippen MR) is 88.0 cm³/mol. The Kier molecular flexibility index (Phi) is 3.67. The van der Waals surface area contributed by atoms with Crippen molar-refractivity contribution in [1.29, 1.82) is 0 Å². The third-order valence-electron chi connectivity index (χ3n) is 2.91. The molecule has 0 bridgehead atoms. The molecule has 1 unspecified atom stereocenters. The van der Waals surface area contributed by atoms with E-state index in [0.717, 1.165) is 0 Å². The van der Waals surface area contributed by atoms with Crippen molar-refractivity contribution in [3.63, 3.8) is 0 Å². The van der Waals surface area contributed by atoms with Gasteiger partial charge >= 0.3 is 0 Å². The highest BCUT2D eigenvalue weighted by Crippen LogP contribution is 2.33. The van der Waals surface area contributed by atoms with Crippen molar-refractivity contribution in [2.75, 3.05) is 0 Å². The van der Waals surface area contributed by atoms with Crippen LogP contribution in [-0.4, -0.2) is 0 Å². The Morgan fingerprint density at radius 3 is 2.83 bits per heavy atom. The van der Waals surface area contributed by atoms with Crippen LogP contribution in [0.25, 0.3) is 10.1 Å². The summed E-state index contributed by atoms with van der Waals surface area (Å²) in [7, 11) is 0. The molecule has 3 rings (SSSR count). The monoisotopic (exact) mass is 386 g/mol. The summed E-state index contributed by atoms with van der Waals surface area (Å²) in [6.07, 6.45) is 0. The average Bonchev–Trinajstić information content (AvgIpc) is 2.99. The minimum Gasteiger partial charge on any atom is -0.271 e. The highest BCUT2D eigenvalue weighted by molar-refractivity contribution is 14.1. The number of benzene rings is 1. The zero-order chi connectivity index (χ0) is 12.5. The van der Waals surface area contributed by atoms with Gasteiger partial charge in [-0.2, -0.15) is 0 Å². The molecule has 5 heteroatoms. The van der Waals surface area contributed by atoms with Gasteiger partial charge in [0.05, 0.1) is 8.93 Å². The minimum absolute atomic E-state index is 0.0621. The number of thiophene rings is 2. The molecule has 18 heavy (non-hydrogen) atoms. The second kappa shape index (κ2) is 5.26. The molecular formula is C13H11IN2S2. The van der Waals surface area contributed by atoms with Crippen LogP contribution >= 0.6 is 45.3 Å². The zero-order valence-electron chi connectivity index (χ0n) is 9.39. The van der Waals surface area contributed by atoms with E-state index in [-0.39, 0.29) is 6.04 Å². The summed E-state index contributed by atoms with van der Waals surface area (Å²) in [5, 5.41) is 5.57. The van der Waals surface area contributed by atoms with E-state index in [1.165, 1.54) is 24.1 Å². The first-order valence-electron chi connectivity index (χ1n) is 5.46.